The smallest absolute Gasteiger partial charge is 0.0578 e. The van der Waals surface area contributed by atoms with Crippen molar-refractivity contribution >= 4 is 0 Å². The fourth-order valence-corrected chi connectivity index (χ4v) is 1.55. The molecule has 0 saturated carbocycles. The van der Waals surface area contributed by atoms with Gasteiger partial charge in [0, 0.05) is 6.04 Å². The van der Waals surface area contributed by atoms with Crippen molar-refractivity contribution in [2.75, 3.05) is 6.54 Å². The molecular formula is C13H17N. The zero-order chi connectivity index (χ0) is 10.6. The third-order valence-corrected chi connectivity index (χ3v) is 2.41. The highest BCUT2D eigenvalue weighted by Crippen LogP contribution is 2.18. The molecule has 0 bridgehead atoms. The highest BCUT2D eigenvalue weighted by atomic mass is 14.9. The summed E-state index contributed by atoms with van der Waals surface area (Å²) >= 11 is 0. The molecule has 1 N–H and O–H groups in total. The van der Waals surface area contributed by atoms with Crippen LogP contribution < -0.4 is 5.32 Å². The third kappa shape index (κ3) is 2.61. The molecule has 1 atom stereocenters. The Labute approximate surface area is 86.5 Å². The molecule has 0 aliphatic carbocycles. The Morgan fingerprint density at radius 1 is 1.43 bits per heavy atom. The Hall–Kier alpha value is -1.26. The highest BCUT2D eigenvalue weighted by molar-refractivity contribution is 5.32. The van der Waals surface area contributed by atoms with Gasteiger partial charge in [-0.3, -0.25) is 5.32 Å². The van der Waals surface area contributed by atoms with E-state index in [2.05, 4.69) is 50.2 Å². The van der Waals surface area contributed by atoms with Crippen LogP contribution in [0.1, 0.15) is 29.7 Å². The van der Waals surface area contributed by atoms with E-state index in [1.54, 1.807) is 0 Å². The lowest BCUT2D eigenvalue weighted by molar-refractivity contribution is 0.619. The zero-order valence-corrected chi connectivity index (χ0v) is 9.09. The first-order valence-corrected chi connectivity index (χ1v) is 4.89. The van der Waals surface area contributed by atoms with E-state index >= 15 is 0 Å². The number of benzene rings is 1. The molecule has 0 fully saturated rings. The fraction of sp³-hybridized carbons (Fsp3) is 0.385. The minimum absolute atomic E-state index is 0.325. The zero-order valence-electron chi connectivity index (χ0n) is 9.09. The number of hydrogen-bond donors (Lipinski definition) is 1. The first kappa shape index (κ1) is 10.8. The molecule has 0 heterocycles. The summed E-state index contributed by atoms with van der Waals surface area (Å²) in [5.74, 6) is 2.59. The van der Waals surface area contributed by atoms with Gasteiger partial charge in [-0.25, -0.2) is 0 Å². The van der Waals surface area contributed by atoms with E-state index in [1.807, 2.05) is 0 Å². The van der Waals surface area contributed by atoms with E-state index in [9.17, 15) is 0 Å². The van der Waals surface area contributed by atoms with Gasteiger partial charge in [0.1, 0.15) is 0 Å². The Morgan fingerprint density at radius 3 is 2.79 bits per heavy atom. The van der Waals surface area contributed by atoms with Crippen LogP contribution in [-0.2, 0) is 0 Å². The van der Waals surface area contributed by atoms with Gasteiger partial charge in [0.05, 0.1) is 6.54 Å². The molecule has 14 heavy (non-hydrogen) atoms. The molecule has 1 aromatic rings. The van der Waals surface area contributed by atoms with Gasteiger partial charge >= 0.3 is 0 Å². The molecular weight excluding hydrogens is 170 g/mol. The van der Waals surface area contributed by atoms with Crippen LogP contribution in [0.5, 0.6) is 0 Å². The van der Waals surface area contributed by atoms with Gasteiger partial charge in [0.2, 0.25) is 0 Å². The predicted molar refractivity (Wildman–Crippen MR) is 61.2 cm³/mol. The van der Waals surface area contributed by atoms with Crippen molar-refractivity contribution in [1.29, 1.82) is 0 Å². The Kier molecular flexibility index (Phi) is 3.73. The predicted octanol–water partition coefficient (Wildman–Crippen LogP) is 2.59. The Bertz CT molecular complexity index is 347. The van der Waals surface area contributed by atoms with Crippen molar-refractivity contribution in [1.82, 2.24) is 5.32 Å². The van der Waals surface area contributed by atoms with Crippen LogP contribution in [0.25, 0.3) is 0 Å². The first-order valence-electron chi connectivity index (χ1n) is 4.89. The summed E-state index contributed by atoms with van der Waals surface area (Å²) in [6.07, 6.45) is 5.21. The second kappa shape index (κ2) is 4.83. The van der Waals surface area contributed by atoms with Crippen molar-refractivity contribution in [2.45, 2.75) is 26.8 Å². The maximum atomic E-state index is 5.21. The Morgan fingerprint density at radius 2 is 2.14 bits per heavy atom. The van der Waals surface area contributed by atoms with E-state index in [4.69, 9.17) is 6.42 Å². The molecule has 74 valence electrons. The molecule has 0 saturated heterocycles. The monoisotopic (exact) mass is 187 g/mol. The van der Waals surface area contributed by atoms with Crippen LogP contribution in [0, 0.1) is 26.2 Å². The SMILES string of the molecule is C#CCNC(C)c1cc(C)ccc1C. The summed E-state index contributed by atoms with van der Waals surface area (Å²) in [5, 5.41) is 3.28. The third-order valence-electron chi connectivity index (χ3n) is 2.41. The van der Waals surface area contributed by atoms with Gasteiger partial charge in [-0.2, -0.15) is 0 Å². The minimum atomic E-state index is 0.325. The summed E-state index contributed by atoms with van der Waals surface area (Å²) < 4.78 is 0. The van der Waals surface area contributed by atoms with Crippen molar-refractivity contribution in [3.05, 3.63) is 34.9 Å². The topological polar surface area (TPSA) is 12.0 Å². The van der Waals surface area contributed by atoms with Gasteiger partial charge in [-0.1, -0.05) is 29.7 Å². The normalized spacial score (nSPS) is 12.1. The number of terminal acetylenes is 1. The lowest BCUT2D eigenvalue weighted by Gasteiger charge is -2.15. The first-order chi connectivity index (χ1) is 6.65. The summed E-state index contributed by atoms with van der Waals surface area (Å²) in [6, 6.07) is 6.82. The van der Waals surface area contributed by atoms with E-state index < -0.39 is 0 Å². The van der Waals surface area contributed by atoms with Crippen LogP contribution in [-0.4, -0.2) is 6.54 Å². The molecule has 0 radical (unpaired) electrons. The van der Waals surface area contributed by atoms with Crippen molar-refractivity contribution in [3.63, 3.8) is 0 Å². The number of aryl methyl sites for hydroxylation is 2. The lowest BCUT2D eigenvalue weighted by atomic mass is 10.00. The van der Waals surface area contributed by atoms with Gasteiger partial charge in [0.25, 0.3) is 0 Å². The van der Waals surface area contributed by atoms with Crippen LogP contribution in [0.2, 0.25) is 0 Å². The standard InChI is InChI=1S/C13H17N/c1-5-8-14-12(4)13-9-10(2)6-7-11(13)3/h1,6-7,9,12,14H,8H2,2-4H3. The Balaban J connectivity index is 2.83. The molecule has 1 nitrogen and oxygen atoms in total. The van der Waals surface area contributed by atoms with Gasteiger partial charge < -0.3 is 0 Å². The molecule has 1 unspecified atom stereocenters. The van der Waals surface area contributed by atoms with E-state index in [0.717, 1.165) is 0 Å². The van der Waals surface area contributed by atoms with Crippen molar-refractivity contribution in [3.8, 4) is 12.3 Å². The molecule has 0 amide bonds. The van der Waals surface area contributed by atoms with E-state index in [0.29, 0.717) is 12.6 Å². The van der Waals surface area contributed by atoms with Crippen LogP contribution in [0.4, 0.5) is 0 Å². The molecule has 0 spiro atoms. The maximum Gasteiger partial charge on any atom is 0.0578 e. The van der Waals surface area contributed by atoms with Gasteiger partial charge in [-0.05, 0) is 31.9 Å². The van der Waals surface area contributed by atoms with Crippen molar-refractivity contribution in [2.24, 2.45) is 0 Å². The largest absolute Gasteiger partial charge is 0.300 e. The van der Waals surface area contributed by atoms with Crippen molar-refractivity contribution < 1.29 is 0 Å². The number of nitrogens with one attached hydrogen (secondary N) is 1. The van der Waals surface area contributed by atoms with Crippen LogP contribution in [0.15, 0.2) is 18.2 Å². The quantitative estimate of drug-likeness (QED) is 0.717. The maximum absolute atomic E-state index is 5.21. The molecule has 1 aromatic carbocycles. The molecule has 1 heteroatoms. The summed E-state index contributed by atoms with van der Waals surface area (Å²) in [4.78, 5) is 0. The summed E-state index contributed by atoms with van der Waals surface area (Å²) in [7, 11) is 0. The minimum Gasteiger partial charge on any atom is -0.300 e. The second-order valence-electron chi connectivity index (χ2n) is 3.67. The highest BCUT2D eigenvalue weighted by Gasteiger charge is 2.06. The van der Waals surface area contributed by atoms with Gasteiger partial charge in [0.15, 0.2) is 0 Å². The summed E-state index contributed by atoms with van der Waals surface area (Å²) in [6.45, 7) is 6.99. The average Bonchev–Trinajstić information content (AvgIpc) is 2.18. The van der Waals surface area contributed by atoms with Gasteiger partial charge in [-0.15, -0.1) is 6.42 Å². The summed E-state index contributed by atoms with van der Waals surface area (Å²) in [5.41, 5.74) is 3.94. The lowest BCUT2D eigenvalue weighted by Crippen LogP contribution is -2.19. The van der Waals surface area contributed by atoms with Crippen LogP contribution >= 0.6 is 0 Å². The molecule has 0 aromatic heterocycles. The van der Waals surface area contributed by atoms with Crippen LogP contribution in [0.3, 0.4) is 0 Å². The van der Waals surface area contributed by atoms with E-state index in [1.165, 1.54) is 16.7 Å². The molecule has 0 aliphatic rings. The van der Waals surface area contributed by atoms with E-state index in [-0.39, 0.29) is 0 Å². The average molecular weight is 187 g/mol. The number of hydrogen-bond acceptors (Lipinski definition) is 1. The molecule has 1 rings (SSSR count). The number of rotatable bonds is 3. The fourth-order valence-electron chi connectivity index (χ4n) is 1.55. The second-order valence-corrected chi connectivity index (χ2v) is 3.67. The molecule has 0 aliphatic heterocycles.